The molecule has 0 fully saturated rings. The van der Waals surface area contributed by atoms with Gasteiger partial charge in [-0.25, -0.2) is 17.5 Å². The molecule has 27 heavy (non-hydrogen) atoms. The van der Waals surface area contributed by atoms with Crippen LogP contribution in [0.4, 0.5) is 10.1 Å². The van der Waals surface area contributed by atoms with Crippen molar-refractivity contribution in [3.05, 3.63) is 83.0 Å². The molecule has 0 unspecified atom stereocenters. The molecule has 1 amide bonds. The summed E-state index contributed by atoms with van der Waals surface area (Å²) in [6.07, 6.45) is 1.44. The predicted molar refractivity (Wildman–Crippen MR) is 98.5 cm³/mol. The smallest absolute Gasteiger partial charge is 0.255 e. The summed E-state index contributed by atoms with van der Waals surface area (Å²) in [7, 11) is -3.77. The number of carbonyl (C=O) groups is 1. The lowest BCUT2D eigenvalue weighted by molar-refractivity contribution is 0.102. The van der Waals surface area contributed by atoms with Gasteiger partial charge in [0, 0.05) is 10.6 Å². The van der Waals surface area contributed by atoms with E-state index in [2.05, 4.69) is 10.0 Å². The normalized spacial score (nSPS) is 11.3. The summed E-state index contributed by atoms with van der Waals surface area (Å²) in [5.74, 6) is -0.777. The van der Waals surface area contributed by atoms with Crippen LogP contribution in [0, 0.1) is 5.82 Å². The minimum absolute atomic E-state index is 0.00736. The van der Waals surface area contributed by atoms with Crippen molar-refractivity contribution in [2.75, 3.05) is 5.32 Å². The number of halogens is 2. The van der Waals surface area contributed by atoms with Crippen LogP contribution in [-0.4, -0.2) is 14.3 Å². The van der Waals surface area contributed by atoms with Gasteiger partial charge in [0.25, 0.3) is 5.91 Å². The van der Waals surface area contributed by atoms with E-state index < -0.39 is 21.7 Å². The van der Waals surface area contributed by atoms with Gasteiger partial charge in [-0.3, -0.25) is 4.79 Å². The Labute approximate surface area is 160 Å². The fraction of sp³-hybridized carbons (Fsp3) is 0.0556. The monoisotopic (exact) mass is 408 g/mol. The molecule has 0 aliphatic carbocycles. The van der Waals surface area contributed by atoms with E-state index in [1.807, 2.05) is 0 Å². The van der Waals surface area contributed by atoms with Crippen molar-refractivity contribution in [2.24, 2.45) is 0 Å². The Hall–Kier alpha value is -2.68. The molecular weight excluding hydrogens is 395 g/mol. The maximum absolute atomic E-state index is 13.8. The summed E-state index contributed by atoms with van der Waals surface area (Å²) in [6, 6.07) is 12.4. The quantitative estimate of drug-likeness (QED) is 0.649. The number of anilines is 1. The van der Waals surface area contributed by atoms with Gasteiger partial charge < -0.3 is 9.73 Å². The van der Waals surface area contributed by atoms with Gasteiger partial charge in [0.05, 0.1) is 23.4 Å². The highest BCUT2D eigenvalue weighted by Crippen LogP contribution is 2.20. The highest BCUT2D eigenvalue weighted by atomic mass is 35.5. The highest BCUT2D eigenvalue weighted by Gasteiger charge is 2.16. The van der Waals surface area contributed by atoms with Crippen LogP contribution in [0.5, 0.6) is 0 Å². The standard InChI is InChI=1S/C18H14ClFN2O4S/c19-13-5-8-17(16(20)10-13)22-18(23)12-3-6-15(7-4-12)27(24,25)21-11-14-2-1-9-26-14/h1-10,21H,11H2,(H,22,23). The first kappa shape index (κ1) is 19.1. The van der Waals surface area contributed by atoms with E-state index in [1.54, 1.807) is 12.1 Å². The molecule has 3 aromatic rings. The average molecular weight is 409 g/mol. The van der Waals surface area contributed by atoms with Crippen LogP contribution in [0.25, 0.3) is 0 Å². The third kappa shape index (κ3) is 4.73. The fourth-order valence-corrected chi connectivity index (χ4v) is 3.39. The minimum atomic E-state index is -3.77. The molecule has 0 spiro atoms. The lowest BCUT2D eigenvalue weighted by Crippen LogP contribution is -2.23. The van der Waals surface area contributed by atoms with Gasteiger partial charge in [0.1, 0.15) is 11.6 Å². The Morgan fingerprint density at radius 3 is 2.48 bits per heavy atom. The summed E-state index contributed by atoms with van der Waals surface area (Å²) in [5, 5.41) is 2.62. The number of amides is 1. The summed E-state index contributed by atoms with van der Waals surface area (Å²) in [5.41, 5.74) is 0.149. The van der Waals surface area contributed by atoms with E-state index in [9.17, 15) is 17.6 Å². The Kier molecular flexibility index (Phi) is 5.59. The molecule has 9 heteroatoms. The van der Waals surface area contributed by atoms with Crippen molar-refractivity contribution >= 4 is 33.2 Å². The Morgan fingerprint density at radius 1 is 1.11 bits per heavy atom. The van der Waals surface area contributed by atoms with Gasteiger partial charge in [-0.1, -0.05) is 11.6 Å². The molecule has 0 saturated carbocycles. The molecule has 2 aromatic carbocycles. The van der Waals surface area contributed by atoms with Gasteiger partial charge in [-0.2, -0.15) is 0 Å². The van der Waals surface area contributed by atoms with E-state index in [0.29, 0.717) is 5.76 Å². The number of sulfonamides is 1. The second kappa shape index (κ2) is 7.91. The van der Waals surface area contributed by atoms with Crippen LogP contribution in [0.1, 0.15) is 16.1 Å². The zero-order valence-corrected chi connectivity index (χ0v) is 15.4. The van der Waals surface area contributed by atoms with Crippen molar-refractivity contribution < 1.29 is 22.0 Å². The van der Waals surface area contributed by atoms with Crippen LogP contribution < -0.4 is 10.0 Å². The Bertz CT molecular complexity index is 1050. The minimum Gasteiger partial charge on any atom is -0.468 e. The topological polar surface area (TPSA) is 88.4 Å². The van der Waals surface area contributed by atoms with E-state index >= 15 is 0 Å². The fourth-order valence-electron chi connectivity index (χ4n) is 2.23. The SMILES string of the molecule is O=C(Nc1ccc(Cl)cc1F)c1ccc(S(=O)(=O)NCc2ccco2)cc1. The predicted octanol–water partition coefficient (Wildman–Crippen LogP) is 3.80. The first-order valence-corrected chi connectivity index (χ1v) is 9.60. The van der Waals surface area contributed by atoms with Gasteiger partial charge in [0.15, 0.2) is 0 Å². The zero-order chi connectivity index (χ0) is 19.4. The molecule has 0 radical (unpaired) electrons. The summed E-state index contributed by atoms with van der Waals surface area (Å²) in [6.45, 7) is 0.00736. The van der Waals surface area contributed by atoms with Crippen LogP contribution in [-0.2, 0) is 16.6 Å². The summed E-state index contributed by atoms with van der Waals surface area (Å²) >= 11 is 5.67. The number of hydrogen-bond donors (Lipinski definition) is 2. The molecule has 2 N–H and O–H groups in total. The highest BCUT2D eigenvalue weighted by molar-refractivity contribution is 7.89. The van der Waals surface area contributed by atoms with Gasteiger partial charge in [0.2, 0.25) is 10.0 Å². The molecule has 1 heterocycles. The number of rotatable bonds is 6. The average Bonchev–Trinajstić information content (AvgIpc) is 3.16. The van der Waals surface area contributed by atoms with Crippen molar-refractivity contribution in [1.29, 1.82) is 0 Å². The Morgan fingerprint density at radius 2 is 1.85 bits per heavy atom. The molecule has 140 valence electrons. The van der Waals surface area contributed by atoms with E-state index in [0.717, 1.165) is 6.07 Å². The van der Waals surface area contributed by atoms with Crippen LogP contribution >= 0.6 is 11.6 Å². The molecule has 6 nitrogen and oxygen atoms in total. The van der Waals surface area contributed by atoms with Crippen molar-refractivity contribution in [3.8, 4) is 0 Å². The van der Waals surface area contributed by atoms with Crippen molar-refractivity contribution in [2.45, 2.75) is 11.4 Å². The maximum atomic E-state index is 13.8. The van der Waals surface area contributed by atoms with E-state index in [1.165, 1.54) is 42.7 Å². The van der Waals surface area contributed by atoms with Crippen molar-refractivity contribution in [1.82, 2.24) is 4.72 Å². The van der Waals surface area contributed by atoms with Gasteiger partial charge in [-0.05, 0) is 54.6 Å². The third-order valence-electron chi connectivity index (χ3n) is 3.62. The second-order valence-corrected chi connectivity index (χ2v) is 7.71. The van der Waals surface area contributed by atoms with E-state index in [4.69, 9.17) is 16.0 Å². The third-order valence-corrected chi connectivity index (χ3v) is 5.27. The lowest BCUT2D eigenvalue weighted by Gasteiger charge is -2.08. The number of benzene rings is 2. The number of nitrogens with one attached hydrogen (secondary N) is 2. The molecule has 0 aliphatic heterocycles. The molecule has 3 rings (SSSR count). The molecule has 0 atom stereocenters. The van der Waals surface area contributed by atoms with Crippen LogP contribution in [0.15, 0.2) is 70.2 Å². The largest absolute Gasteiger partial charge is 0.468 e. The number of hydrogen-bond acceptors (Lipinski definition) is 4. The summed E-state index contributed by atoms with van der Waals surface area (Å²) < 4.78 is 45.7. The molecule has 0 saturated heterocycles. The Balaban J connectivity index is 1.69. The maximum Gasteiger partial charge on any atom is 0.255 e. The summed E-state index contributed by atoms with van der Waals surface area (Å²) in [4.78, 5) is 12.2. The lowest BCUT2D eigenvalue weighted by atomic mass is 10.2. The second-order valence-electron chi connectivity index (χ2n) is 5.51. The molecule has 1 aromatic heterocycles. The van der Waals surface area contributed by atoms with Crippen LogP contribution in [0.3, 0.4) is 0 Å². The van der Waals surface area contributed by atoms with E-state index in [-0.39, 0.29) is 27.7 Å². The molecular formula is C18H14ClFN2O4S. The first-order valence-electron chi connectivity index (χ1n) is 7.74. The van der Waals surface area contributed by atoms with Gasteiger partial charge in [-0.15, -0.1) is 0 Å². The van der Waals surface area contributed by atoms with Crippen LogP contribution in [0.2, 0.25) is 5.02 Å². The number of furan rings is 1. The first-order chi connectivity index (χ1) is 12.8. The molecule has 0 bridgehead atoms. The molecule has 0 aliphatic rings. The zero-order valence-electron chi connectivity index (χ0n) is 13.8. The van der Waals surface area contributed by atoms with Gasteiger partial charge >= 0.3 is 0 Å². The number of carbonyl (C=O) groups excluding carboxylic acids is 1. The van der Waals surface area contributed by atoms with Crippen molar-refractivity contribution in [3.63, 3.8) is 0 Å².